The maximum atomic E-state index is 12.0. The van der Waals surface area contributed by atoms with Crippen LogP contribution in [0, 0.1) is 0 Å². The Hall–Kier alpha value is -1.22. The van der Waals surface area contributed by atoms with Crippen LogP contribution in [0.25, 0.3) is 0 Å². The van der Waals surface area contributed by atoms with Crippen LogP contribution in [0.15, 0.2) is 18.2 Å². The number of hydrogen-bond donors (Lipinski definition) is 1. The fraction of sp³-hybridized carbons (Fsp3) is 0.364. The van der Waals surface area contributed by atoms with Gasteiger partial charge in [-0.05, 0) is 26.0 Å². The molecule has 0 spiro atoms. The Labute approximate surface area is 94.8 Å². The summed E-state index contributed by atoms with van der Waals surface area (Å²) < 4.78 is 0. The second-order valence-corrected chi connectivity index (χ2v) is 3.56. The summed E-state index contributed by atoms with van der Waals surface area (Å²) in [7, 11) is 0. The molecule has 1 rings (SSSR count). The Morgan fingerprint density at radius 2 is 2.00 bits per heavy atom. The number of benzene rings is 1. The zero-order chi connectivity index (χ0) is 11.4. The van der Waals surface area contributed by atoms with Gasteiger partial charge in [-0.1, -0.05) is 17.7 Å². The number of rotatable bonds is 3. The minimum atomic E-state index is -0.0719. The number of hydrogen-bond acceptors (Lipinski definition) is 2. The van der Waals surface area contributed by atoms with Crippen molar-refractivity contribution in [3.8, 4) is 0 Å². The molecule has 0 atom stereocenters. The van der Waals surface area contributed by atoms with Gasteiger partial charge in [0, 0.05) is 13.1 Å². The molecule has 0 aromatic heterocycles. The quantitative estimate of drug-likeness (QED) is 0.805. The number of nitrogens with zero attached hydrogens (tertiary/aromatic N) is 1. The topological polar surface area (TPSA) is 46.3 Å². The Balaban J connectivity index is 3.05. The van der Waals surface area contributed by atoms with E-state index in [1.54, 1.807) is 23.1 Å². The SMILES string of the molecule is CCN(CC)C(=O)c1cccc(N)c1Cl. The molecule has 0 fully saturated rings. The third-order valence-electron chi connectivity index (χ3n) is 2.31. The van der Waals surface area contributed by atoms with Crippen molar-refractivity contribution in [1.82, 2.24) is 4.90 Å². The van der Waals surface area contributed by atoms with E-state index in [1.807, 2.05) is 13.8 Å². The minimum absolute atomic E-state index is 0.0719. The summed E-state index contributed by atoms with van der Waals surface area (Å²) >= 11 is 5.97. The summed E-state index contributed by atoms with van der Waals surface area (Å²) in [5.41, 5.74) is 6.55. The molecule has 0 aliphatic heterocycles. The first-order valence-corrected chi connectivity index (χ1v) is 5.32. The average Bonchev–Trinajstić information content (AvgIpc) is 2.23. The maximum absolute atomic E-state index is 12.0. The highest BCUT2D eigenvalue weighted by molar-refractivity contribution is 6.36. The Kier molecular flexibility index (Phi) is 3.97. The molecule has 15 heavy (non-hydrogen) atoms. The number of anilines is 1. The molecule has 0 radical (unpaired) electrons. The van der Waals surface area contributed by atoms with E-state index >= 15 is 0 Å². The van der Waals surface area contributed by atoms with Crippen LogP contribution in [0.1, 0.15) is 24.2 Å². The number of amides is 1. The van der Waals surface area contributed by atoms with E-state index in [0.29, 0.717) is 29.4 Å². The van der Waals surface area contributed by atoms with E-state index in [2.05, 4.69) is 0 Å². The van der Waals surface area contributed by atoms with E-state index in [9.17, 15) is 4.79 Å². The molecular weight excluding hydrogens is 212 g/mol. The average molecular weight is 227 g/mol. The van der Waals surface area contributed by atoms with Gasteiger partial charge in [0.1, 0.15) is 0 Å². The lowest BCUT2D eigenvalue weighted by Crippen LogP contribution is -2.30. The third-order valence-corrected chi connectivity index (χ3v) is 2.73. The van der Waals surface area contributed by atoms with Crippen LogP contribution in [-0.4, -0.2) is 23.9 Å². The highest BCUT2D eigenvalue weighted by atomic mass is 35.5. The van der Waals surface area contributed by atoms with Gasteiger partial charge >= 0.3 is 0 Å². The maximum Gasteiger partial charge on any atom is 0.255 e. The van der Waals surface area contributed by atoms with Crippen molar-refractivity contribution >= 4 is 23.2 Å². The molecule has 2 N–H and O–H groups in total. The van der Waals surface area contributed by atoms with Crippen molar-refractivity contribution < 1.29 is 4.79 Å². The number of halogens is 1. The highest BCUT2D eigenvalue weighted by Gasteiger charge is 2.16. The van der Waals surface area contributed by atoms with Gasteiger partial charge in [-0.15, -0.1) is 0 Å². The molecule has 0 unspecified atom stereocenters. The van der Waals surface area contributed by atoms with E-state index in [1.165, 1.54) is 0 Å². The van der Waals surface area contributed by atoms with Crippen molar-refractivity contribution in [3.63, 3.8) is 0 Å². The summed E-state index contributed by atoms with van der Waals surface area (Å²) in [6.45, 7) is 5.20. The lowest BCUT2D eigenvalue weighted by molar-refractivity contribution is 0.0773. The van der Waals surface area contributed by atoms with Gasteiger partial charge in [-0.3, -0.25) is 4.79 Å². The largest absolute Gasteiger partial charge is 0.398 e. The second-order valence-electron chi connectivity index (χ2n) is 3.19. The number of nitrogen functional groups attached to an aromatic ring is 1. The molecule has 0 aliphatic rings. The molecule has 0 heterocycles. The fourth-order valence-corrected chi connectivity index (χ4v) is 1.60. The van der Waals surface area contributed by atoms with Crippen LogP contribution in [0.2, 0.25) is 5.02 Å². The van der Waals surface area contributed by atoms with Crippen molar-refractivity contribution in [2.45, 2.75) is 13.8 Å². The second kappa shape index (κ2) is 5.03. The zero-order valence-corrected chi connectivity index (χ0v) is 9.71. The highest BCUT2D eigenvalue weighted by Crippen LogP contribution is 2.24. The van der Waals surface area contributed by atoms with Gasteiger partial charge < -0.3 is 10.6 Å². The first-order chi connectivity index (χ1) is 7.11. The van der Waals surface area contributed by atoms with Crippen LogP contribution in [0.5, 0.6) is 0 Å². The number of nitrogens with two attached hydrogens (primary N) is 1. The van der Waals surface area contributed by atoms with Crippen LogP contribution in [-0.2, 0) is 0 Å². The number of carbonyl (C=O) groups is 1. The van der Waals surface area contributed by atoms with Gasteiger partial charge in [0.25, 0.3) is 5.91 Å². The van der Waals surface area contributed by atoms with Crippen LogP contribution in [0.3, 0.4) is 0 Å². The molecule has 82 valence electrons. The normalized spacial score (nSPS) is 10.1. The van der Waals surface area contributed by atoms with Gasteiger partial charge in [-0.25, -0.2) is 0 Å². The van der Waals surface area contributed by atoms with E-state index in [4.69, 9.17) is 17.3 Å². The van der Waals surface area contributed by atoms with E-state index in [-0.39, 0.29) is 5.91 Å². The molecule has 1 aromatic rings. The van der Waals surface area contributed by atoms with Gasteiger partial charge in [0.15, 0.2) is 0 Å². The smallest absolute Gasteiger partial charge is 0.255 e. The van der Waals surface area contributed by atoms with E-state index < -0.39 is 0 Å². The molecular formula is C11H15ClN2O. The first kappa shape index (κ1) is 11.9. The van der Waals surface area contributed by atoms with Gasteiger partial charge in [0.2, 0.25) is 0 Å². The minimum Gasteiger partial charge on any atom is -0.398 e. The molecule has 0 aliphatic carbocycles. The molecule has 1 aromatic carbocycles. The molecule has 3 nitrogen and oxygen atoms in total. The third kappa shape index (κ3) is 2.42. The fourth-order valence-electron chi connectivity index (χ4n) is 1.40. The van der Waals surface area contributed by atoms with Crippen LogP contribution >= 0.6 is 11.6 Å². The summed E-state index contributed by atoms with van der Waals surface area (Å²) in [4.78, 5) is 13.7. The Bertz CT molecular complexity index is 362. The Morgan fingerprint density at radius 3 is 2.53 bits per heavy atom. The van der Waals surface area contributed by atoms with Crippen molar-refractivity contribution in [2.24, 2.45) is 0 Å². The van der Waals surface area contributed by atoms with Crippen LogP contribution < -0.4 is 5.73 Å². The monoisotopic (exact) mass is 226 g/mol. The zero-order valence-electron chi connectivity index (χ0n) is 8.96. The van der Waals surface area contributed by atoms with Crippen molar-refractivity contribution in [3.05, 3.63) is 28.8 Å². The van der Waals surface area contributed by atoms with Gasteiger partial charge in [-0.2, -0.15) is 0 Å². The summed E-state index contributed by atoms with van der Waals surface area (Å²) in [5.74, 6) is -0.0719. The van der Waals surface area contributed by atoms with Crippen LogP contribution in [0.4, 0.5) is 5.69 Å². The Morgan fingerprint density at radius 1 is 1.40 bits per heavy atom. The molecule has 1 amide bonds. The molecule has 4 heteroatoms. The summed E-state index contributed by atoms with van der Waals surface area (Å²) in [5, 5.41) is 0.342. The van der Waals surface area contributed by atoms with Crippen molar-refractivity contribution in [1.29, 1.82) is 0 Å². The predicted molar refractivity (Wildman–Crippen MR) is 63.1 cm³/mol. The molecule has 0 bridgehead atoms. The van der Waals surface area contributed by atoms with Gasteiger partial charge in [0.05, 0.1) is 16.3 Å². The first-order valence-electron chi connectivity index (χ1n) is 4.95. The molecule has 0 saturated carbocycles. The predicted octanol–water partition coefficient (Wildman–Crippen LogP) is 2.40. The lowest BCUT2D eigenvalue weighted by atomic mass is 10.1. The van der Waals surface area contributed by atoms with Crippen molar-refractivity contribution in [2.75, 3.05) is 18.8 Å². The summed E-state index contributed by atoms with van der Waals surface area (Å²) in [6, 6.07) is 5.11. The molecule has 0 saturated heterocycles. The standard InChI is InChI=1S/C11H15ClN2O/c1-3-14(4-2)11(15)8-6-5-7-9(13)10(8)12/h5-7H,3-4,13H2,1-2H3. The lowest BCUT2D eigenvalue weighted by Gasteiger charge is -2.19. The van der Waals surface area contributed by atoms with E-state index in [0.717, 1.165) is 0 Å². The number of carbonyl (C=O) groups excluding carboxylic acids is 1. The summed E-state index contributed by atoms with van der Waals surface area (Å²) in [6.07, 6.45) is 0.